The SMILES string of the molecule is [C-]#[N+]c1ccnc(NC(=O)c2ccc(-c3nn([C@@H]4CCCN(C(=O)/C=C/CN(C)C5CC5)C4)c4ncnc(N)c34)cc2)c1. The number of nitrogens with one attached hydrogen (secondary N) is 1. The van der Waals surface area contributed by atoms with Crippen LogP contribution in [0.5, 0.6) is 0 Å². The van der Waals surface area contributed by atoms with E-state index in [1.165, 1.54) is 31.4 Å². The molecule has 218 valence electrons. The number of likely N-dealkylation sites (tertiary alicyclic amines) is 1. The molecule has 0 bridgehead atoms. The van der Waals surface area contributed by atoms with Gasteiger partial charge in [0.2, 0.25) is 5.91 Å². The van der Waals surface area contributed by atoms with E-state index >= 15 is 0 Å². The molecule has 0 radical (unpaired) electrons. The first-order valence-corrected chi connectivity index (χ1v) is 14.3. The van der Waals surface area contributed by atoms with Gasteiger partial charge in [-0.2, -0.15) is 5.10 Å². The highest BCUT2D eigenvalue weighted by molar-refractivity contribution is 6.04. The summed E-state index contributed by atoms with van der Waals surface area (Å²) < 4.78 is 1.86. The first-order valence-electron chi connectivity index (χ1n) is 14.3. The molecular formula is C31H32N10O2. The molecule has 4 aromatic rings. The summed E-state index contributed by atoms with van der Waals surface area (Å²) in [5.41, 5.74) is 9.11. The van der Waals surface area contributed by atoms with Gasteiger partial charge in [-0.3, -0.25) is 14.5 Å². The Balaban J connectivity index is 1.21. The summed E-state index contributed by atoms with van der Waals surface area (Å²) >= 11 is 0. The number of benzene rings is 1. The number of nitrogens with two attached hydrogens (primary N) is 1. The van der Waals surface area contributed by atoms with Crippen LogP contribution in [0.25, 0.3) is 27.1 Å². The fraction of sp³-hybridized carbons (Fsp3) is 0.323. The van der Waals surface area contributed by atoms with Crippen LogP contribution in [0.1, 0.15) is 42.1 Å². The first-order chi connectivity index (χ1) is 20.9. The smallest absolute Gasteiger partial charge is 0.256 e. The molecule has 1 aromatic carbocycles. The number of amides is 2. The van der Waals surface area contributed by atoms with Crippen LogP contribution in [0.4, 0.5) is 17.3 Å². The number of rotatable bonds is 8. The van der Waals surface area contributed by atoms with Crippen molar-refractivity contribution in [2.24, 2.45) is 0 Å². The minimum Gasteiger partial charge on any atom is -0.383 e. The standard InChI is InChI=1S/C31H32N10O2/c1-33-22-13-14-34-25(17-22)37-31(43)21-9-7-20(8-10-21)28-27-29(32)35-19-36-30(27)41(38-28)24-5-3-16-40(18-24)26(42)6-4-15-39(2)23-11-12-23/h4,6-10,13-14,17,19,23-24H,3,5,11-12,15-16,18H2,2H3,(H2,32,35,36)(H,34,37,43)/b6-4+/t24-/m1/s1. The minimum atomic E-state index is -0.348. The molecular weight excluding hydrogens is 544 g/mol. The summed E-state index contributed by atoms with van der Waals surface area (Å²) in [6.45, 7) is 9.13. The molecule has 0 unspecified atom stereocenters. The average molecular weight is 577 g/mol. The Labute approximate surface area is 249 Å². The number of hydrogen-bond donors (Lipinski definition) is 2. The number of anilines is 2. The monoisotopic (exact) mass is 576 g/mol. The third-order valence-electron chi connectivity index (χ3n) is 7.93. The molecule has 6 rings (SSSR count). The fourth-order valence-electron chi connectivity index (χ4n) is 5.42. The molecule has 43 heavy (non-hydrogen) atoms. The van der Waals surface area contributed by atoms with E-state index in [2.05, 4.69) is 37.1 Å². The van der Waals surface area contributed by atoms with Crippen LogP contribution < -0.4 is 11.1 Å². The quantitative estimate of drug-likeness (QED) is 0.236. The van der Waals surface area contributed by atoms with E-state index in [9.17, 15) is 9.59 Å². The van der Waals surface area contributed by atoms with Gasteiger partial charge in [0, 0.05) is 49.1 Å². The van der Waals surface area contributed by atoms with Gasteiger partial charge in [0.15, 0.2) is 11.3 Å². The minimum absolute atomic E-state index is 0.00426. The summed E-state index contributed by atoms with van der Waals surface area (Å²) in [6, 6.07) is 10.7. The van der Waals surface area contributed by atoms with E-state index in [1.807, 2.05) is 15.7 Å². The summed E-state index contributed by atoms with van der Waals surface area (Å²) in [5, 5.41) is 8.30. The topological polar surface area (TPSA) is 140 Å². The van der Waals surface area contributed by atoms with Gasteiger partial charge in [-0.15, -0.1) is 0 Å². The van der Waals surface area contributed by atoms with Crippen molar-refractivity contribution in [3.8, 4) is 11.3 Å². The van der Waals surface area contributed by atoms with Gasteiger partial charge in [0.25, 0.3) is 5.91 Å². The molecule has 1 atom stereocenters. The van der Waals surface area contributed by atoms with E-state index < -0.39 is 0 Å². The Morgan fingerprint density at radius 1 is 1.16 bits per heavy atom. The highest BCUT2D eigenvalue weighted by Crippen LogP contribution is 2.34. The number of carbonyl (C=O) groups excluding carboxylic acids is 2. The molecule has 1 saturated carbocycles. The Hall–Kier alpha value is -5.15. The summed E-state index contributed by atoms with van der Waals surface area (Å²) in [7, 11) is 2.09. The largest absolute Gasteiger partial charge is 0.383 e. The average Bonchev–Trinajstić information content (AvgIpc) is 3.81. The van der Waals surface area contributed by atoms with Crippen molar-refractivity contribution in [3.63, 3.8) is 0 Å². The van der Waals surface area contributed by atoms with Gasteiger partial charge in [-0.25, -0.2) is 24.5 Å². The van der Waals surface area contributed by atoms with Gasteiger partial charge < -0.3 is 16.0 Å². The van der Waals surface area contributed by atoms with Crippen LogP contribution in [0.15, 0.2) is 61.1 Å². The molecule has 12 nitrogen and oxygen atoms in total. The molecule has 4 heterocycles. The van der Waals surface area contributed by atoms with Crippen LogP contribution in [0.3, 0.4) is 0 Å². The Morgan fingerprint density at radius 3 is 2.74 bits per heavy atom. The summed E-state index contributed by atoms with van der Waals surface area (Å²) in [5.74, 6) is 0.271. The maximum Gasteiger partial charge on any atom is 0.256 e. The molecule has 2 amide bonds. The highest BCUT2D eigenvalue weighted by atomic mass is 16.2. The molecule has 1 aliphatic carbocycles. The van der Waals surface area contributed by atoms with Gasteiger partial charge in [0.1, 0.15) is 23.7 Å². The van der Waals surface area contributed by atoms with Crippen molar-refractivity contribution >= 4 is 40.2 Å². The lowest BCUT2D eigenvalue weighted by molar-refractivity contribution is -0.127. The molecule has 1 saturated heterocycles. The summed E-state index contributed by atoms with van der Waals surface area (Å²) in [6.07, 6.45) is 10.7. The fourth-order valence-corrected chi connectivity index (χ4v) is 5.42. The maximum absolute atomic E-state index is 13.0. The molecule has 2 aliphatic rings. The second kappa shape index (κ2) is 12.0. The van der Waals surface area contributed by atoms with E-state index in [0.29, 0.717) is 58.7 Å². The van der Waals surface area contributed by atoms with Gasteiger partial charge in [-0.1, -0.05) is 18.2 Å². The lowest BCUT2D eigenvalue weighted by Gasteiger charge is -2.32. The first kappa shape index (κ1) is 28.0. The third-order valence-corrected chi connectivity index (χ3v) is 7.93. The zero-order valence-corrected chi connectivity index (χ0v) is 23.8. The van der Waals surface area contributed by atoms with Crippen molar-refractivity contribution in [3.05, 3.63) is 78.1 Å². The number of likely N-dealkylation sites (N-methyl/N-ethyl adjacent to an activating group) is 1. The van der Waals surface area contributed by atoms with Gasteiger partial charge >= 0.3 is 0 Å². The number of aromatic nitrogens is 5. The number of pyridine rings is 1. The lowest BCUT2D eigenvalue weighted by atomic mass is 10.1. The Bertz CT molecular complexity index is 1740. The lowest BCUT2D eigenvalue weighted by Crippen LogP contribution is -2.40. The van der Waals surface area contributed by atoms with E-state index in [4.69, 9.17) is 17.4 Å². The van der Waals surface area contributed by atoms with E-state index in [1.54, 1.807) is 36.4 Å². The predicted molar refractivity (Wildman–Crippen MR) is 163 cm³/mol. The van der Waals surface area contributed by atoms with E-state index in [-0.39, 0.29) is 17.9 Å². The molecule has 2 fully saturated rings. The zero-order chi connectivity index (χ0) is 29.9. The zero-order valence-electron chi connectivity index (χ0n) is 23.8. The molecule has 0 spiro atoms. The van der Waals surface area contributed by atoms with Crippen LogP contribution in [0, 0.1) is 6.57 Å². The summed E-state index contributed by atoms with van der Waals surface area (Å²) in [4.78, 5) is 46.2. The normalized spacial score (nSPS) is 17.0. The van der Waals surface area contributed by atoms with Crippen molar-refractivity contribution < 1.29 is 9.59 Å². The number of carbonyl (C=O) groups is 2. The number of fused-ring (bicyclic) bond motifs is 1. The second-order valence-electron chi connectivity index (χ2n) is 10.9. The third kappa shape index (κ3) is 6.07. The Morgan fingerprint density at radius 2 is 1.98 bits per heavy atom. The van der Waals surface area contributed by atoms with Crippen LogP contribution >= 0.6 is 0 Å². The highest BCUT2D eigenvalue weighted by Gasteiger charge is 2.29. The molecule has 12 heteroatoms. The van der Waals surface area contributed by atoms with Crippen molar-refractivity contribution in [2.45, 2.75) is 37.8 Å². The number of nitrogens with zero attached hydrogens (tertiary/aromatic N) is 8. The van der Waals surface area contributed by atoms with Crippen LogP contribution in [0.2, 0.25) is 0 Å². The predicted octanol–water partition coefficient (Wildman–Crippen LogP) is 4.09. The van der Waals surface area contributed by atoms with Gasteiger partial charge in [0.05, 0.1) is 18.0 Å². The number of piperidine rings is 1. The van der Waals surface area contributed by atoms with Crippen molar-refractivity contribution in [1.82, 2.24) is 34.5 Å². The van der Waals surface area contributed by atoms with Crippen molar-refractivity contribution in [1.29, 1.82) is 0 Å². The second-order valence-corrected chi connectivity index (χ2v) is 10.9. The number of nitrogen functional groups attached to an aromatic ring is 1. The molecule has 3 aromatic heterocycles. The maximum atomic E-state index is 13.0. The number of hydrogen-bond acceptors (Lipinski definition) is 8. The van der Waals surface area contributed by atoms with Gasteiger partial charge in [-0.05, 0) is 57.0 Å². The molecule has 1 aliphatic heterocycles. The molecule has 3 N–H and O–H groups in total. The Kier molecular flexibility index (Phi) is 7.81. The van der Waals surface area contributed by atoms with Crippen LogP contribution in [-0.2, 0) is 4.79 Å². The van der Waals surface area contributed by atoms with Crippen LogP contribution in [-0.4, -0.2) is 79.1 Å². The van der Waals surface area contributed by atoms with E-state index in [0.717, 1.165) is 24.9 Å². The van der Waals surface area contributed by atoms with Crippen molar-refractivity contribution in [2.75, 3.05) is 37.7 Å².